The van der Waals surface area contributed by atoms with Gasteiger partial charge in [0.2, 0.25) is 0 Å². The van der Waals surface area contributed by atoms with Gasteiger partial charge in [-0.15, -0.1) is 0 Å². The number of benzene rings is 4. The topological polar surface area (TPSA) is 89.9 Å². The van der Waals surface area contributed by atoms with Crippen LogP contribution in [0.1, 0.15) is 22.3 Å². The zero-order valence-corrected chi connectivity index (χ0v) is 19.3. The molecular formula is C26H18Cl2N4O2. The Balaban J connectivity index is 1.52. The van der Waals surface area contributed by atoms with E-state index in [-0.39, 0.29) is 11.5 Å². The maximum Gasteiger partial charge on any atom is 0.119 e. The van der Waals surface area contributed by atoms with Crippen molar-refractivity contribution in [2.45, 2.75) is 12.8 Å². The van der Waals surface area contributed by atoms with Gasteiger partial charge in [-0.05, 0) is 83.9 Å². The van der Waals surface area contributed by atoms with Crippen LogP contribution in [0.3, 0.4) is 0 Å². The van der Waals surface area contributed by atoms with E-state index in [4.69, 9.17) is 23.2 Å². The summed E-state index contributed by atoms with van der Waals surface area (Å²) in [6.45, 7) is 0. The molecule has 4 aromatic rings. The Morgan fingerprint density at radius 3 is 1.26 bits per heavy atom. The van der Waals surface area contributed by atoms with Crippen molar-refractivity contribution in [1.29, 1.82) is 0 Å². The summed E-state index contributed by atoms with van der Waals surface area (Å²) in [7, 11) is 0. The third-order valence-electron chi connectivity index (χ3n) is 5.67. The van der Waals surface area contributed by atoms with Gasteiger partial charge in [-0.25, -0.2) is 0 Å². The van der Waals surface area contributed by atoms with Crippen molar-refractivity contribution < 1.29 is 10.2 Å². The average molecular weight is 489 g/mol. The maximum absolute atomic E-state index is 10.5. The lowest BCUT2D eigenvalue weighted by Crippen LogP contribution is -2.08. The minimum absolute atomic E-state index is 0.152. The highest BCUT2D eigenvalue weighted by Crippen LogP contribution is 2.44. The Labute approximate surface area is 205 Å². The number of hydrogen-bond acceptors (Lipinski definition) is 6. The van der Waals surface area contributed by atoms with Crippen LogP contribution in [0.15, 0.2) is 93.3 Å². The van der Waals surface area contributed by atoms with Crippen molar-refractivity contribution in [2.24, 2.45) is 20.5 Å². The summed E-state index contributed by atoms with van der Waals surface area (Å²) in [6, 6.07) is 20.8. The van der Waals surface area contributed by atoms with Crippen LogP contribution < -0.4 is 0 Å². The lowest BCUT2D eigenvalue weighted by molar-refractivity contribution is 0.460. The summed E-state index contributed by atoms with van der Waals surface area (Å²) in [5, 5.41) is 39.8. The van der Waals surface area contributed by atoms with Crippen LogP contribution >= 0.6 is 23.2 Å². The molecule has 5 rings (SSSR count). The second-order valence-corrected chi connectivity index (χ2v) is 8.70. The molecule has 0 atom stereocenters. The standard InChI is InChI=1S/C26H18Cl2N4O2/c27-15-1-5-17(6-2-15)29-31-23-9-11-25(33)21-14-22-20(13-19(21)23)24(10-12-26(22)34)32-30-18-7-3-16(28)4-8-18/h1-12,33-34H,13-14H2. The highest BCUT2D eigenvalue weighted by Gasteiger charge is 2.25. The Kier molecular flexibility index (Phi) is 6.01. The molecule has 0 radical (unpaired) electrons. The predicted octanol–water partition coefficient (Wildman–Crippen LogP) is 8.73. The van der Waals surface area contributed by atoms with Crippen molar-refractivity contribution in [3.05, 3.63) is 105 Å². The minimum atomic E-state index is 0.152. The molecule has 4 aromatic carbocycles. The third-order valence-corrected chi connectivity index (χ3v) is 6.17. The lowest BCUT2D eigenvalue weighted by atomic mass is 9.83. The second-order valence-electron chi connectivity index (χ2n) is 7.83. The van der Waals surface area contributed by atoms with Gasteiger partial charge in [0.15, 0.2) is 0 Å². The van der Waals surface area contributed by atoms with Gasteiger partial charge in [-0.2, -0.15) is 20.5 Å². The largest absolute Gasteiger partial charge is 0.508 e. The monoisotopic (exact) mass is 488 g/mol. The van der Waals surface area contributed by atoms with Gasteiger partial charge < -0.3 is 10.2 Å². The van der Waals surface area contributed by atoms with Crippen LogP contribution in [-0.4, -0.2) is 10.2 Å². The van der Waals surface area contributed by atoms with E-state index in [9.17, 15) is 10.2 Å². The summed E-state index contributed by atoms with van der Waals surface area (Å²) in [5.41, 5.74) is 5.69. The highest BCUT2D eigenvalue weighted by atomic mass is 35.5. The van der Waals surface area contributed by atoms with Crippen LogP contribution in [0.25, 0.3) is 0 Å². The molecule has 0 saturated carbocycles. The molecule has 0 saturated heterocycles. The normalized spacial score (nSPS) is 12.8. The first kappa shape index (κ1) is 22.1. The number of phenolic OH excluding ortho intramolecular Hbond substituents is 2. The van der Waals surface area contributed by atoms with Gasteiger partial charge in [-0.3, -0.25) is 0 Å². The highest BCUT2D eigenvalue weighted by molar-refractivity contribution is 6.30. The first-order valence-electron chi connectivity index (χ1n) is 10.5. The van der Waals surface area contributed by atoms with Crippen molar-refractivity contribution in [2.75, 3.05) is 0 Å². The van der Waals surface area contributed by atoms with Gasteiger partial charge in [0.1, 0.15) is 11.5 Å². The number of halogens is 2. The molecule has 34 heavy (non-hydrogen) atoms. The molecule has 0 fully saturated rings. The van der Waals surface area contributed by atoms with E-state index in [0.717, 1.165) is 11.1 Å². The van der Waals surface area contributed by atoms with Gasteiger partial charge in [0.05, 0.1) is 22.7 Å². The molecule has 1 aliphatic carbocycles. The van der Waals surface area contributed by atoms with Crippen LogP contribution in [0, 0.1) is 0 Å². The number of rotatable bonds is 4. The van der Waals surface area contributed by atoms with Gasteiger partial charge >= 0.3 is 0 Å². The summed E-state index contributed by atoms with van der Waals surface area (Å²) >= 11 is 11.9. The number of fused-ring (bicyclic) bond motifs is 2. The summed E-state index contributed by atoms with van der Waals surface area (Å²) in [5.74, 6) is 0.303. The van der Waals surface area contributed by atoms with Crippen LogP contribution in [0.2, 0.25) is 10.0 Å². The molecule has 1 aliphatic rings. The molecule has 8 heteroatoms. The second kappa shape index (κ2) is 9.25. The predicted molar refractivity (Wildman–Crippen MR) is 133 cm³/mol. The first-order valence-corrected chi connectivity index (χ1v) is 11.3. The zero-order chi connectivity index (χ0) is 23.7. The number of aromatic hydroxyl groups is 2. The molecule has 0 heterocycles. The van der Waals surface area contributed by atoms with Crippen LogP contribution in [0.4, 0.5) is 22.7 Å². The van der Waals surface area contributed by atoms with Gasteiger partial charge in [-0.1, -0.05) is 23.2 Å². The fraction of sp³-hybridized carbons (Fsp3) is 0.0769. The Morgan fingerprint density at radius 1 is 0.471 bits per heavy atom. The number of hydrogen-bond donors (Lipinski definition) is 2. The molecule has 0 aliphatic heterocycles. The van der Waals surface area contributed by atoms with E-state index < -0.39 is 0 Å². The number of nitrogens with zero attached hydrogens (tertiary/aromatic N) is 4. The van der Waals surface area contributed by atoms with Crippen LogP contribution in [-0.2, 0) is 12.8 Å². The number of azo groups is 2. The Bertz CT molecular complexity index is 1320. The van der Waals surface area contributed by atoms with Crippen molar-refractivity contribution >= 4 is 46.0 Å². The molecule has 0 amide bonds. The van der Waals surface area contributed by atoms with Crippen molar-refractivity contribution in [3.8, 4) is 11.5 Å². The molecule has 2 N–H and O–H groups in total. The maximum atomic E-state index is 10.5. The Morgan fingerprint density at radius 2 is 0.853 bits per heavy atom. The quantitative estimate of drug-likeness (QED) is 0.247. The summed E-state index contributed by atoms with van der Waals surface area (Å²) in [4.78, 5) is 0. The fourth-order valence-electron chi connectivity index (χ4n) is 3.91. The van der Waals surface area contributed by atoms with Crippen molar-refractivity contribution in [3.63, 3.8) is 0 Å². The fourth-order valence-corrected chi connectivity index (χ4v) is 4.16. The molecule has 0 unspecified atom stereocenters. The zero-order valence-electron chi connectivity index (χ0n) is 17.8. The molecule has 0 aromatic heterocycles. The Hall–Kier alpha value is -3.74. The summed E-state index contributed by atoms with van der Waals surface area (Å²) < 4.78 is 0. The lowest BCUT2D eigenvalue weighted by Gasteiger charge is -2.23. The van der Waals surface area contributed by atoms with Gasteiger partial charge in [0, 0.05) is 34.0 Å². The SMILES string of the molecule is Oc1ccc(N=Nc2ccc(Cl)cc2)c2c1Cc1c(O)ccc(N=Nc3ccc(Cl)cc3)c1C2. The molecule has 0 bridgehead atoms. The van der Waals surface area contributed by atoms with E-state index in [1.165, 1.54) is 0 Å². The smallest absolute Gasteiger partial charge is 0.119 e. The molecular weight excluding hydrogens is 471 g/mol. The number of phenols is 2. The van der Waals surface area contributed by atoms with E-state index in [0.29, 0.717) is 56.8 Å². The van der Waals surface area contributed by atoms with Crippen LogP contribution in [0.5, 0.6) is 11.5 Å². The first-order chi connectivity index (χ1) is 16.5. The molecule has 168 valence electrons. The van der Waals surface area contributed by atoms with E-state index >= 15 is 0 Å². The van der Waals surface area contributed by atoms with E-state index in [1.807, 2.05) is 0 Å². The molecule has 0 spiro atoms. The molecule has 6 nitrogen and oxygen atoms in total. The average Bonchev–Trinajstić information content (AvgIpc) is 2.85. The van der Waals surface area contributed by atoms with E-state index in [1.54, 1.807) is 72.8 Å². The minimum Gasteiger partial charge on any atom is -0.508 e. The van der Waals surface area contributed by atoms with E-state index in [2.05, 4.69) is 20.5 Å². The summed E-state index contributed by atoms with van der Waals surface area (Å²) in [6.07, 6.45) is 0.758. The van der Waals surface area contributed by atoms with Gasteiger partial charge in [0.25, 0.3) is 0 Å². The van der Waals surface area contributed by atoms with Crippen molar-refractivity contribution in [1.82, 2.24) is 0 Å². The third kappa shape index (κ3) is 4.51.